The summed E-state index contributed by atoms with van der Waals surface area (Å²) in [6, 6.07) is 3.80. The average molecular weight is 236 g/mol. The van der Waals surface area contributed by atoms with Gasteiger partial charge in [-0.05, 0) is 19.4 Å². The molecular formula is C13H20N2O2. The molecule has 0 amide bonds. The molecular weight excluding hydrogens is 216 g/mol. The predicted octanol–water partition coefficient (Wildman–Crippen LogP) is 1.75. The summed E-state index contributed by atoms with van der Waals surface area (Å²) in [5.41, 5.74) is 0.893. The van der Waals surface area contributed by atoms with E-state index >= 15 is 0 Å². The molecule has 1 fully saturated rings. The van der Waals surface area contributed by atoms with Crippen LogP contribution >= 0.6 is 0 Å². The van der Waals surface area contributed by atoms with Crippen molar-refractivity contribution in [1.82, 2.24) is 4.98 Å². The van der Waals surface area contributed by atoms with Crippen LogP contribution in [0.2, 0.25) is 0 Å². The lowest BCUT2D eigenvalue weighted by Crippen LogP contribution is -2.43. The highest BCUT2D eigenvalue weighted by Crippen LogP contribution is 2.25. The average Bonchev–Trinajstić information content (AvgIpc) is 2.39. The smallest absolute Gasteiger partial charge is 0.134 e. The Balaban J connectivity index is 2.21. The molecule has 2 atom stereocenters. The fourth-order valence-corrected chi connectivity index (χ4v) is 2.16. The Labute approximate surface area is 102 Å². The molecule has 1 saturated heterocycles. The van der Waals surface area contributed by atoms with Gasteiger partial charge in [-0.1, -0.05) is 13.0 Å². The molecule has 1 aliphatic rings. The van der Waals surface area contributed by atoms with Gasteiger partial charge in [0.2, 0.25) is 0 Å². The highest BCUT2D eigenvalue weighted by Gasteiger charge is 2.22. The third-order valence-electron chi connectivity index (χ3n) is 3.16. The van der Waals surface area contributed by atoms with Gasteiger partial charge >= 0.3 is 0 Å². The van der Waals surface area contributed by atoms with E-state index in [4.69, 9.17) is 4.74 Å². The minimum Gasteiger partial charge on any atom is -0.389 e. The number of anilines is 1. The maximum Gasteiger partial charge on any atom is 0.134 e. The molecule has 2 rings (SSSR count). The molecule has 0 saturated carbocycles. The van der Waals surface area contributed by atoms with Gasteiger partial charge in [-0.3, -0.25) is 0 Å². The highest BCUT2D eigenvalue weighted by molar-refractivity contribution is 5.48. The third-order valence-corrected chi connectivity index (χ3v) is 3.16. The Morgan fingerprint density at radius 3 is 3.18 bits per heavy atom. The molecule has 4 heteroatoms. The van der Waals surface area contributed by atoms with Gasteiger partial charge in [0.05, 0.1) is 18.8 Å². The Morgan fingerprint density at radius 2 is 2.47 bits per heavy atom. The zero-order chi connectivity index (χ0) is 12.3. The fourth-order valence-electron chi connectivity index (χ4n) is 2.16. The second kappa shape index (κ2) is 5.47. The molecule has 0 radical (unpaired) electrons. The van der Waals surface area contributed by atoms with Crippen LogP contribution < -0.4 is 4.90 Å². The van der Waals surface area contributed by atoms with Crippen molar-refractivity contribution in [2.24, 2.45) is 0 Å². The van der Waals surface area contributed by atoms with Gasteiger partial charge in [0.1, 0.15) is 5.82 Å². The SMILES string of the molecule is CCC1CN(c2ncccc2[C@@H](C)O)CCO1. The summed E-state index contributed by atoms with van der Waals surface area (Å²) in [7, 11) is 0. The summed E-state index contributed by atoms with van der Waals surface area (Å²) in [6.07, 6.45) is 2.57. The minimum absolute atomic E-state index is 0.271. The van der Waals surface area contributed by atoms with E-state index in [-0.39, 0.29) is 6.10 Å². The molecule has 17 heavy (non-hydrogen) atoms. The molecule has 0 aliphatic carbocycles. The number of rotatable bonds is 3. The lowest BCUT2D eigenvalue weighted by atomic mass is 10.1. The Bertz CT molecular complexity index is 368. The highest BCUT2D eigenvalue weighted by atomic mass is 16.5. The minimum atomic E-state index is -0.485. The summed E-state index contributed by atoms with van der Waals surface area (Å²) in [6.45, 7) is 6.33. The number of nitrogens with zero attached hydrogens (tertiary/aromatic N) is 2. The molecule has 2 heterocycles. The zero-order valence-corrected chi connectivity index (χ0v) is 10.5. The lowest BCUT2D eigenvalue weighted by Gasteiger charge is -2.34. The Morgan fingerprint density at radius 1 is 1.65 bits per heavy atom. The first-order chi connectivity index (χ1) is 8.22. The van der Waals surface area contributed by atoms with Crippen LogP contribution in [0.25, 0.3) is 0 Å². The molecule has 1 aliphatic heterocycles. The maximum absolute atomic E-state index is 9.76. The Kier molecular flexibility index (Phi) is 3.97. The van der Waals surface area contributed by atoms with Crippen LogP contribution in [-0.4, -0.2) is 35.9 Å². The molecule has 1 aromatic rings. The fraction of sp³-hybridized carbons (Fsp3) is 0.615. The summed E-state index contributed by atoms with van der Waals surface area (Å²) < 4.78 is 5.65. The number of morpholine rings is 1. The van der Waals surface area contributed by atoms with E-state index in [0.29, 0.717) is 0 Å². The van der Waals surface area contributed by atoms with Gasteiger partial charge in [-0.15, -0.1) is 0 Å². The molecule has 0 aromatic carbocycles. The van der Waals surface area contributed by atoms with E-state index in [9.17, 15) is 5.11 Å². The van der Waals surface area contributed by atoms with Crippen LogP contribution in [0, 0.1) is 0 Å². The third kappa shape index (κ3) is 2.76. The van der Waals surface area contributed by atoms with E-state index in [1.165, 1.54) is 0 Å². The van der Waals surface area contributed by atoms with E-state index in [0.717, 1.165) is 37.5 Å². The molecule has 94 valence electrons. The van der Waals surface area contributed by atoms with Gasteiger partial charge in [-0.25, -0.2) is 4.98 Å². The summed E-state index contributed by atoms with van der Waals surface area (Å²) in [5, 5.41) is 9.76. The number of aliphatic hydroxyl groups is 1. The van der Waals surface area contributed by atoms with Crippen LogP contribution in [0.5, 0.6) is 0 Å². The normalized spacial score (nSPS) is 22.5. The molecule has 1 unspecified atom stereocenters. The van der Waals surface area contributed by atoms with Gasteiger partial charge in [0, 0.05) is 24.8 Å². The van der Waals surface area contributed by atoms with E-state index in [1.807, 2.05) is 12.1 Å². The summed E-state index contributed by atoms with van der Waals surface area (Å²) in [5.74, 6) is 0.893. The van der Waals surface area contributed by atoms with E-state index < -0.39 is 6.10 Å². The Hall–Kier alpha value is -1.13. The van der Waals surface area contributed by atoms with Crippen LogP contribution in [-0.2, 0) is 4.74 Å². The second-order valence-electron chi connectivity index (χ2n) is 4.44. The number of hydrogen-bond donors (Lipinski definition) is 1. The molecule has 1 N–H and O–H groups in total. The first-order valence-electron chi connectivity index (χ1n) is 6.22. The number of hydrogen-bond acceptors (Lipinski definition) is 4. The van der Waals surface area contributed by atoms with Crippen molar-refractivity contribution in [2.45, 2.75) is 32.5 Å². The second-order valence-corrected chi connectivity index (χ2v) is 4.44. The van der Waals surface area contributed by atoms with Crippen molar-refractivity contribution >= 4 is 5.82 Å². The van der Waals surface area contributed by atoms with Gasteiger partial charge in [0.15, 0.2) is 0 Å². The van der Waals surface area contributed by atoms with Gasteiger partial charge in [0.25, 0.3) is 0 Å². The first kappa shape index (κ1) is 12.3. The van der Waals surface area contributed by atoms with Crippen molar-refractivity contribution in [3.8, 4) is 0 Å². The van der Waals surface area contributed by atoms with Crippen molar-refractivity contribution in [2.75, 3.05) is 24.6 Å². The number of ether oxygens (including phenoxy) is 1. The van der Waals surface area contributed by atoms with Crippen molar-refractivity contribution in [1.29, 1.82) is 0 Å². The monoisotopic (exact) mass is 236 g/mol. The lowest BCUT2D eigenvalue weighted by molar-refractivity contribution is 0.0379. The summed E-state index contributed by atoms with van der Waals surface area (Å²) >= 11 is 0. The van der Waals surface area contributed by atoms with Gasteiger partial charge in [-0.2, -0.15) is 0 Å². The summed E-state index contributed by atoms with van der Waals surface area (Å²) in [4.78, 5) is 6.61. The number of aliphatic hydroxyl groups excluding tert-OH is 1. The van der Waals surface area contributed by atoms with Crippen LogP contribution in [0.3, 0.4) is 0 Å². The molecule has 0 bridgehead atoms. The molecule has 1 aromatic heterocycles. The maximum atomic E-state index is 9.76. The largest absolute Gasteiger partial charge is 0.389 e. The first-order valence-corrected chi connectivity index (χ1v) is 6.22. The number of aromatic nitrogens is 1. The van der Waals surface area contributed by atoms with Gasteiger partial charge < -0.3 is 14.7 Å². The van der Waals surface area contributed by atoms with Crippen molar-refractivity contribution in [3.63, 3.8) is 0 Å². The van der Waals surface area contributed by atoms with E-state index in [1.54, 1.807) is 13.1 Å². The van der Waals surface area contributed by atoms with Crippen molar-refractivity contribution < 1.29 is 9.84 Å². The van der Waals surface area contributed by atoms with Crippen LogP contribution in [0.15, 0.2) is 18.3 Å². The van der Waals surface area contributed by atoms with Crippen molar-refractivity contribution in [3.05, 3.63) is 23.9 Å². The zero-order valence-electron chi connectivity index (χ0n) is 10.5. The predicted molar refractivity (Wildman–Crippen MR) is 67.1 cm³/mol. The topological polar surface area (TPSA) is 45.6 Å². The quantitative estimate of drug-likeness (QED) is 0.868. The standard InChI is InChI=1S/C13H20N2O2/c1-3-11-9-15(7-8-17-11)13-12(10(2)16)5-4-6-14-13/h4-6,10-11,16H,3,7-9H2,1-2H3/t10-,11?/m1/s1. The van der Waals surface area contributed by atoms with Crippen LogP contribution in [0.1, 0.15) is 31.9 Å². The number of pyridine rings is 1. The van der Waals surface area contributed by atoms with Crippen LogP contribution in [0.4, 0.5) is 5.82 Å². The molecule has 0 spiro atoms. The molecule has 4 nitrogen and oxygen atoms in total. The van der Waals surface area contributed by atoms with E-state index in [2.05, 4.69) is 16.8 Å².